The molecule has 178 valence electrons. The SMILES string of the molecule is CCCCCCCCCCCCn1c(C(C)NC(=O)c2cccc(C)c2)nc2ccccc21. The number of carbonyl (C=O) groups is 1. The van der Waals surface area contributed by atoms with Crippen molar-refractivity contribution in [3.05, 3.63) is 65.5 Å². The van der Waals surface area contributed by atoms with Gasteiger partial charge in [0.05, 0.1) is 17.1 Å². The zero-order chi connectivity index (χ0) is 23.5. The number of hydrogen-bond donors (Lipinski definition) is 1. The Kier molecular flexibility index (Phi) is 9.99. The molecule has 1 atom stereocenters. The Morgan fingerprint density at radius 1 is 0.909 bits per heavy atom. The number of fused-ring (bicyclic) bond motifs is 1. The van der Waals surface area contributed by atoms with Crippen molar-refractivity contribution < 1.29 is 4.79 Å². The number of aromatic nitrogens is 2. The van der Waals surface area contributed by atoms with Gasteiger partial charge in [0.25, 0.3) is 5.91 Å². The molecular formula is C29H41N3O. The van der Waals surface area contributed by atoms with Gasteiger partial charge in [-0.05, 0) is 44.5 Å². The number of carbonyl (C=O) groups excluding carboxylic acids is 1. The summed E-state index contributed by atoms with van der Waals surface area (Å²) in [4.78, 5) is 17.7. The highest BCUT2D eigenvalue weighted by atomic mass is 16.1. The second kappa shape index (κ2) is 13.2. The van der Waals surface area contributed by atoms with E-state index in [1.54, 1.807) is 0 Å². The van der Waals surface area contributed by atoms with Crippen LogP contribution in [0, 0.1) is 6.92 Å². The highest BCUT2D eigenvalue weighted by Gasteiger charge is 2.19. The van der Waals surface area contributed by atoms with E-state index in [1.165, 1.54) is 57.8 Å². The van der Waals surface area contributed by atoms with Gasteiger partial charge < -0.3 is 9.88 Å². The topological polar surface area (TPSA) is 46.9 Å². The molecule has 0 aliphatic heterocycles. The number of amides is 1. The lowest BCUT2D eigenvalue weighted by Gasteiger charge is -2.17. The van der Waals surface area contributed by atoms with Crippen molar-refractivity contribution in [3.63, 3.8) is 0 Å². The van der Waals surface area contributed by atoms with Gasteiger partial charge >= 0.3 is 0 Å². The van der Waals surface area contributed by atoms with Crippen LogP contribution in [0.1, 0.15) is 106 Å². The number of hydrogen-bond acceptors (Lipinski definition) is 2. The molecule has 0 aliphatic carbocycles. The standard InChI is InChI=1S/C29H41N3O/c1-4-5-6-7-8-9-10-11-12-15-21-32-27-20-14-13-19-26(27)31-28(32)24(3)30-29(33)25-18-16-17-23(2)22-25/h13-14,16-20,22,24H,4-12,15,21H2,1-3H3,(H,30,33). The zero-order valence-electron chi connectivity index (χ0n) is 20.8. The van der Waals surface area contributed by atoms with Crippen molar-refractivity contribution in [2.24, 2.45) is 0 Å². The van der Waals surface area contributed by atoms with E-state index < -0.39 is 0 Å². The number of para-hydroxylation sites is 2. The quantitative estimate of drug-likeness (QED) is 0.257. The van der Waals surface area contributed by atoms with Gasteiger partial charge in [-0.1, -0.05) is 94.5 Å². The molecule has 2 aromatic carbocycles. The first-order valence-corrected chi connectivity index (χ1v) is 12.9. The summed E-state index contributed by atoms with van der Waals surface area (Å²) in [6.07, 6.45) is 13.3. The van der Waals surface area contributed by atoms with Crippen LogP contribution in [0.25, 0.3) is 11.0 Å². The molecule has 1 amide bonds. The Hall–Kier alpha value is -2.62. The number of nitrogens with one attached hydrogen (secondary N) is 1. The van der Waals surface area contributed by atoms with Gasteiger partial charge in [0.15, 0.2) is 0 Å². The highest BCUT2D eigenvalue weighted by molar-refractivity contribution is 5.94. The number of imidazole rings is 1. The van der Waals surface area contributed by atoms with Gasteiger partial charge in [0.2, 0.25) is 0 Å². The average molecular weight is 448 g/mol. The predicted octanol–water partition coefficient (Wildman–Crippen LogP) is 7.76. The van der Waals surface area contributed by atoms with Gasteiger partial charge in [0.1, 0.15) is 5.82 Å². The minimum atomic E-state index is -0.159. The number of nitrogens with zero attached hydrogens (tertiary/aromatic N) is 2. The van der Waals surface area contributed by atoms with Crippen molar-refractivity contribution >= 4 is 16.9 Å². The molecule has 0 fully saturated rings. The van der Waals surface area contributed by atoms with E-state index >= 15 is 0 Å². The van der Waals surface area contributed by atoms with Crippen LogP contribution in [0.15, 0.2) is 48.5 Å². The molecule has 3 rings (SSSR count). The molecule has 4 heteroatoms. The second-order valence-electron chi connectivity index (χ2n) is 9.36. The fourth-order valence-electron chi connectivity index (χ4n) is 4.55. The van der Waals surface area contributed by atoms with Gasteiger partial charge in [-0.2, -0.15) is 0 Å². The molecule has 33 heavy (non-hydrogen) atoms. The molecule has 0 radical (unpaired) electrons. The summed E-state index contributed by atoms with van der Waals surface area (Å²) in [7, 11) is 0. The lowest BCUT2D eigenvalue weighted by Crippen LogP contribution is -2.28. The average Bonchev–Trinajstić information content (AvgIpc) is 3.19. The maximum absolute atomic E-state index is 12.8. The summed E-state index contributed by atoms with van der Waals surface area (Å²) in [5.74, 6) is 0.886. The minimum Gasteiger partial charge on any atom is -0.342 e. The van der Waals surface area contributed by atoms with Crippen LogP contribution in [0.4, 0.5) is 0 Å². The van der Waals surface area contributed by atoms with E-state index in [9.17, 15) is 4.79 Å². The summed E-state index contributed by atoms with van der Waals surface area (Å²) in [6.45, 7) is 7.25. The molecule has 0 saturated carbocycles. The van der Waals surface area contributed by atoms with Crippen molar-refractivity contribution in [2.75, 3.05) is 0 Å². The summed E-state index contributed by atoms with van der Waals surface area (Å²) in [5.41, 5.74) is 3.93. The van der Waals surface area contributed by atoms with Crippen LogP contribution >= 0.6 is 0 Å². The van der Waals surface area contributed by atoms with E-state index in [0.717, 1.165) is 35.4 Å². The third kappa shape index (κ3) is 7.45. The molecule has 4 nitrogen and oxygen atoms in total. The second-order valence-corrected chi connectivity index (χ2v) is 9.36. The van der Waals surface area contributed by atoms with Crippen LogP contribution in [0.5, 0.6) is 0 Å². The summed E-state index contributed by atoms with van der Waals surface area (Å²) >= 11 is 0. The Morgan fingerprint density at radius 2 is 1.58 bits per heavy atom. The third-order valence-corrected chi connectivity index (χ3v) is 6.43. The Labute approximate surface area is 199 Å². The third-order valence-electron chi connectivity index (χ3n) is 6.43. The van der Waals surface area contributed by atoms with Crippen LogP contribution in [0.3, 0.4) is 0 Å². The Bertz CT molecular complexity index is 1010. The number of rotatable bonds is 14. The first kappa shape index (κ1) is 25.0. The first-order chi connectivity index (χ1) is 16.1. The van der Waals surface area contributed by atoms with Gasteiger partial charge in [-0.15, -0.1) is 0 Å². The minimum absolute atomic E-state index is 0.0521. The van der Waals surface area contributed by atoms with Crippen molar-refractivity contribution in [1.29, 1.82) is 0 Å². The molecule has 1 heterocycles. The molecule has 1 aromatic heterocycles. The van der Waals surface area contributed by atoms with Crippen LogP contribution in [-0.2, 0) is 6.54 Å². The first-order valence-electron chi connectivity index (χ1n) is 12.9. The maximum Gasteiger partial charge on any atom is 0.251 e. The molecule has 0 aliphatic rings. The predicted molar refractivity (Wildman–Crippen MR) is 139 cm³/mol. The van der Waals surface area contributed by atoms with Crippen molar-refractivity contribution in [3.8, 4) is 0 Å². The molecule has 0 spiro atoms. The monoisotopic (exact) mass is 447 g/mol. The molecule has 3 aromatic rings. The molecular weight excluding hydrogens is 406 g/mol. The van der Waals surface area contributed by atoms with E-state index in [0.29, 0.717) is 5.56 Å². The van der Waals surface area contributed by atoms with Crippen molar-refractivity contribution in [2.45, 2.75) is 97.6 Å². The van der Waals surface area contributed by atoms with Gasteiger partial charge in [-0.3, -0.25) is 4.79 Å². The lowest BCUT2D eigenvalue weighted by molar-refractivity contribution is 0.0937. The van der Waals surface area contributed by atoms with E-state index in [4.69, 9.17) is 4.98 Å². The molecule has 0 saturated heterocycles. The van der Waals surface area contributed by atoms with Crippen molar-refractivity contribution in [1.82, 2.24) is 14.9 Å². The lowest BCUT2D eigenvalue weighted by atomic mass is 10.1. The molecule has 1 N–H and O–H groups in total. The Morgan fingerprint density at radius 3 is 2.27 bits per heavy atom. The largest absolute Gasteiger partial charge is 0.342 e. The number of benzene rings is 2. The number of aryl methyl sites for hydroxylation is 2. The molecule has 1 unspecified atom stereocenters. The maximum atomic E-state index is 12.8. The summed E-state index contributed by atoms with van der Waals surface area (Å²) in [6, 6.07) is 15.9. The molecule has 0 bridgehead atoms. The summed E-state index contributed by atoms with van der Waals surface area (Å²) in [5, 5.41) is 3.16. The van der Waals surface area contributed by atoms with E-state index in [1.807, 2.05) is 44.2 Å². The number of unbranched alkanes of at least 4 members (excludes halogenated alkanes) is 9. The van der Waals surface area contributed by atoms with Gasteiger partial charge in [-0.25, -0.2) is 4.98 Å². The normalized spacial score (nSPS) is 12.2. The van der Waals surface area contributed by atoms with E-state index in [-0.39, 0.29) is 11.9 Å². The fraction of sp³-hybridized carbons (Fsp3) is 0.517. The fourth-order valence-corrected chi connectivity index (χ4v) is 4.55. The Balaban J connectivity index is 1.56. The van der Waals surface area contributed by atoms with Crippen LogP contribution in [0.2, 0.25) is 0 Å². The van der Waals surface area contributed by atoms with E-state index in [2.05, 4.69) is 35.0 Å². The highest BCUT2D eigenvalue weighted by Crippen LogP contribution is 2.22. The van der Waals surface area contributed by atoms with Crippen LogP contribution in [-0.4, -0.2) is 15.5 Å². The van der Waals surface area contributed by atoms with Crippen LogP contribution < -0.4 is 5.32 Å². The van der Waals surface area contributed by atoms with Gasteiger partial charge in [0, 0.05) is 12.1 Å². The summed E-state index contributed by atoms with van der Waals surface area (Å²) < 4.78 is 2.31. The smallest absolute Gasteiger partial charge is 0.251 e. The zero-order valence-corrected chi connectivity index (χ0v) is 20.8.